The number of para-hydroxylation sites is 3. The quantitative estimate of drug-likeness (QED) is 0.160. The maximum Gasteiger partial charge on any atom is 0.166 e. The van der Waals surface area contributed by atoms with Crippen molar-refractivity contribution in [2.24, 2.45) is 0 Å². The number of rotatable bonds is 7. The highest BCUT2D eigenvalue weighted by atomic mass is 15.1. The van der Waals surface area contributed by atoms with Crippen molar-refractivity contribution in [3.05, 3.63) is 212 Å². The molecule has 0 atom stereocenters. The van der Waals surface area contributed by atoms with E-state index in [9.17, 15) is 0 Å². The number of aromatic nitrogens is 7. The Morgan fingerprint density at radius 3 is 1.62 bits per heavy atom. The van der Waals surface area contributed by atoms with Gasteiger partial charge in [0, 0.05) is 55.4 Å². The van der Waals surface area contributed by atoms with Crippen LogP contribution in [0.25, 0.3) is 112 Å². The van der Waals surface area contributed by atoms with Crippen molar-refractivity contribution in [3.8, 4) is 68.3 Å². The number of aryl methyl sites for hydroxylation is 1. The van der Waals surface area contributed by atoms with Crippen LogP contribution in [0.2, 0.25) is 0 Å². The molecule has 7 nitrogen and oxygen atoms in total. The SMILES string of the molecule is Cc1cccc(-c2nc(-c3ccccc3)nc(-c3ccccc3-n3c4ccccc4c4c3ccc3c5ccccc5n(-c5cc(-c6ccccc6)nc(-c6ccccc6)n5)c34)n2)c1. The summed E-state index contributed by atoms with van der Waals surface area (Å²) in [5.74, 6) is 3.30. The van der Waals surface area contributed by atoms with Gasteiger partial charge in [-0.05, 0) is 43.3 Å². The average Bonchev–Trinajstić information content (AvgIpc) is 3.87. The molecular formula is C56H37N7. The molecule has 0 bridgehead atoms. The second-order valence-electron chi connectivity index (χ2n) is 15.8. The normalized spacial score (nSPS) is 11.6. The highest BCUT2D eigenvalue weighted by molar-refractivity contribution is 6.26. The van der Waals surface area contributed by atoms with Gasteiger partial charge in [-0.15, -0.1) is 0 Å². The number of fused-ring (bicyclic) bond motifs is 7. The smallest absolute Gasteiger partial charge is 0.166 e. The zero-order valence-corrected chi connectivity index (χ0v) is 34.3. The molecule has 0 radical (unpaired) electrons. The molecule has 12 rings (SSSR count). The Morgan fingerprint density at radius 1 is 0.349 bits per heavy atom. The number of benzene rings is 8. The molecular weight excluding hydrogens is 771 g/mol. The van der Waals surface area contributed by atoms with Gasteiger partial charge >= 0.3 is 0 Å². The maximum atomic E-state index is 5.37. The molecule has 0 unspecified atom stereocenters. The van der Waals surface area contributed by atoms with Crippen molar-refractivity contribution >= 4 is 43.6 Å². The molecule has 0 saturated heterocycles. The second kappa shape index (κ2) is 14.9. The van der Waals surface area contributed by atoms with Crippen molar-refractivity contribution in [1.82, 2.24) is 34.1 Å². The number of hydrogen-bond acceptors (Lipinski definition) is 5. The van der Waals surface area contributed by atoms with Crippen LogP contribution >= 0.6 is 0 Å². The van der Waals surface area contributed by atoms with Gasteiger partial charge in [-0.3, -0.25) is 4.57 Å². The first-order chi connectivity index (χ1) is 31.2. The molecule has 4 heterocycles. The summed E-state index contributed by atoms with van der Waals surface area (Å²) in [5, 5.41) is 4.54. The first kappa shape index (κ1) is 36.3. The molecule has 0 N–H and O–H groups in total. The molecule has 12 aromatic rings. The molecule has 0 aliphatic heterocycles. The first-order valence-electron chi connectivity index (χ1n) is 21.1. The summed E-state index contributed by atoms with van der Waals surface area (Å²) < 4.78 is 4.70. The fourth-order valence-electron chi connectivity index (χ4n) is 9.01. The summed E-state index contributed by atoms with van der Waals surface area (Å²) in [6.07, 6.45) is 0. The third-order valence-electron chi connectivity index (χ3n) is 11.8. The van der Waals surface area contributed by atoms with E-state index in [1.165, 1.54) is 0 Å². The number of nitrogens with zero attached hydrogens (tertiary/aromatic N) is 7. The lowest BCUT2D eigenvalue weighted by atomic mass is 10.1. The van der Waals surface area contributed by atoms with Crippen LogP contribution in [0.15, 0.2) is 206 Å². The van der Waals surface area contributed by atoms with E-state index < -0.39 is 0 Å². The van der Waals surface area contributed by atoms with E-state index in [1.54, 1.807) is 0 Å². The van der Waals surface area contributed by atoms with Crippen LogP contribution in [-0.2, 0) is 0 Å². The molecule has 0 saturated carbocycles. The lowest BCUT2D eigenvalue weighted by Crippen LogP contribution is -2.04. The lowest BCUT2D eigenvalue weighted by Gasteiger charge is -2.15. The second-order valence-corrected chi connectivity index (χ2v) is 15.8. The van der Waals surface area contributed by atoms with Gasteiger partial charge < -0.3 is 4.57 Å². The highest BCUT2D eigenvalue weighted by Crippen LogP contribution is 2.43. The average molecular weight is 808 g/mol. The van der Waals surface area contributed by atoms with Crippen molar-refractivity contribution in [2.45, 2.75) is 6.92 Å². The van der Waals surface area contributed by atoms with E-state index in [4.69, 9.17) is 24.9 Å². The minimum absolute atomic E-state index is 0.597. The largest absolute Gasteiger partial charge is 0.308 e. The van der Waals surface area contributed by atoms with Crippen LogP contribution < -0.4 is 0 Å². The Kier molecular flexibility index (Phi) is 8.57. The summed E-state index contributed by atoms with van der Waals surface area (Å²) in [7, 11) is 0. The van der Waals surface area contributed by atoms with Gasteiger partial charge in [-0.25, -0.2) is 24.9 Å². The minimum Gasteiger partial charge on any atom is -0.308 e. The van der Waals surface area contributed by atoms with Crippen LogP contribution in [0.5, 0.6) is 0 Å². The number of hydrogen-bond donors (Lipinski definition) is 0. The molecule has 0 fully saturated rings. The van der Waals surface area contributed by atoms with Crippen LogP contribution in [0, 0.1) is 6.92 Å². The molecule has 63 heavy (non-hydrogen) atoms. The zero-order valence-electron chi connectivity index (χ0n) is 34.3. The van der Waals surface area contributed by atoms with Gasteiger partial charge in [0.2, 0.25) is 0 Å². The molecule has 7 heteroatoms. The lowest BCUT2D eigenvalue weighted by molar-refractivity contribution is 1.05. The molecule has 0 aliphatic carbocycles. The van der Waals surface area contributed by atoms with E-state index in [2.05, 4.69) is 168 Å². The predicted octanol–water partition coefficient (Wildman–Crippen LogP) is 13.5. The van der Waals surface area contributed by atoms with Gasteiger partial charge in [0.25, 0.3) is 0 Å². The van der Waals surface area contributed by atoms with E-state index >= 15 is 0 Å². The highest BCUT2D eigenvalue weighted by Gasteiger charge is 2.24. The summed E-state index contributed by atoms with van der Waals surface area (Å²) >= 11 is 0. The molecule has 0 aliphatic rings. The first-order valence-corrected chi connectivity index (χ1v) is 21.1. The summed E-state index contributed by atoms with van der Waals surface area (Å²) in [4.78, 5) is 26.0. The van der Waals surface area contributed by atoms with Crippen molar-refractivity contribution in [3.63, 3.8) is 0 Å². The Hall–Kier alpha value is -8.55. The fraction of sp³-hybridized carbons (Fsp3) is 0.0179. The zero-order chi connectivity index (χ0) is 41.9. The van der Waals surface area contributed by atoms with Crippen LogP contribution in [0.1, 0.15) is 5.56 Å². The van der Waals surface area contributed by atoms with E-state index in [0.717, 1.165) is 94.2 Å². The van der Waals surface area contributed by atoms with E-state index in [1.807, 2.05) is 54.6 Å². The maximum absolute atomic E-state index is 5.37. The van der Waals surface area contributed by atoms with Gasteiger partial charge in [-0.1, -0.05) is 169 Å². The predicted molar refractivity (Wildman–Crippen MR) is 256 cm³/mol. The Morgan fingerprint density at radius 2 is 0.905 bits per heavy atom. The minimum atomic E-state index is 0.597. The molecule has 0 amide bonds. The Labute approximate surface area is 363 Å². The van der Waals surface area contributed by atoms with E-state index in [0.29, 0.717) is 23.3 Å². The van der Waals surface area contributed by atoms with Crippen molar-refractivity contribution < 1.29 is 0 Å². The topological polar surface area (TPSA) is 74.3 Å². The third-order valence-corrected chi connectivity index (χ3v) is 11.8. The summed E-state index contributed by atoms with van der Waals surface area (Å²) in [6, 6.07) is 71.4. The standard InChI is InChI=1S/C56H37N7/c1-36-18-17-25-40(34-36)55-59-54(39-23-9-4-10-24-39)60-56(61-55)44-28-13-16-31-48(44)62-47-30-15-12-27-43(47)51-49(62)33-32-42-41-26-11-14-29-46(41)63(52(42)51)50-35-45(37-19-5-2-6-20-37)57-53(58-50)38-21-7-3-8-22-38/h2-35H,1H3. The molecule has 296 valence electrons. The molecule has 0 spiro atoms. The fourth-order valence-corrected chi connectivity index (χ4v) is 9.01. The molecule has 4 aromatic heterocycles. The van der Waals surface area contributed by atoms with E-state index in [-0.39, 0.29) is 0 Å². The van der Waals surface area contributed by atoms with Crippen LogP contribution in [-0.4, -0.2) is 34.1 Å². The summed E-state index contributed by atoms with van der Waals surface area (Å²) in [5.41, 5.74) is 12.0. The third kappa shape index (κ3) is 6.17. The monoisotopic (exact) mass is 807 g/mol. The van der Waals surface area contributed by atoms with Gasteiger partial charge in [-0.2, -0.15) is 0 Å². The van der Waals surface area contributed by atoms with Crippen molar-refractivity contribution in [1.29, 1.82) is 0 Å². The van der Waals surface area contributed by atoms with Crippen molar-refractivity contribution in [2.75, 3.05) is 0 Å². The van der Waals surface area contributed by atoms with Gasteiger partial charge in [0.1, 0.15) is 5.82 Å². The summed E-state index contributed by atoms with van der Waals surface area (Å²) in [6.45, 7) is 2.09. The van der Waals surface area contributed by atoms with Gasteiger partial charge in [0.15, 0.2) is 23.3 Å². The Balaban J connectivity index is 1.15. The Bertz CT molecular complexity index is 3630. The van der Waals surface area contributed by atoms with Gasteiger partial charge in [0.05, 0.1) is 33.4 Å². The molecule has 8 aromatic carbocycles. The van der Waals surface area contributed by atoms with Crippen LogP contribution in [0.4, 0.5) is 0 Å². The van der Waals surface area contributed by atoms with Crippen LogP contribution in [0.3, 0.4) is 0 Å².